The maximum atomic E-state index is 14.9. The van der Waals surface area contributed by atoms with Crippen LogP contribution < -0.4 is 14.4 Å². The molecule has 0 fully saturated rings. The van der Waals surface area contributed by atoms with Crippen LogP contribution in [-0.2, 0) is 9.53 Å². The molecule has 0 N–H and O–H groups in total. The van der Waals surface area contributed by atoms with E-state index in [1.54, 1.807) is 57.0 Å². The Morgan fingerprint density at radius 3 is 2.45 bits per heavy atom. The van der Waals surface area contributed by atoms with Gasteiger partial charge in [-0.05, 0) is 68.3 Å². The van der Waals surface area contributed by atoms with Crippen molar-refractivity contribution >= 4 is 17.3 Å². The van der Waals surface area contributed by atoms with E-state index in [0.29, 0.717) is 28.3 Å². The summed E-state index contributed by atoms with van der Waals surface area (Å²) in [5.41, 5.74) is 2.82. The van der Waals surface area contributed by atoms with Crippen LogP contribution in [0.25, 0.3) is 11.1 Å². The first-order valence-corrected chi connectivity index (χ1v) is 10.5. The average Bonchev–Trinajstić information content (AvgIpc) is 2.77. The van der Waals surface area contributed by atoms with Gasteiger partial charge in [0, 0.05) is 24.4 Å². The molecule has 0 saturated heterocycles. The molecule has 3 aromatic carbocycles. The monoisotopic (exact) mass is 455 g/mol. The van der Waals surface area contributed by atoms with E-state index in [2.05, 4.69) is 0 Å². The number of benzene rings is 3. The summed E-state index contributed by atoms with van der Waals surface area (Å²) in [6.45, 7) is 4.93. The lowest BCUT2D eigenvalue weighted by Crippen LogP contribution is -2.19. The third kappa shape index (κ3) is 5.80. The van der Waals surface area contributed by atoms with Crippen molar-refractivity contribution in [3.63, 3.8) is 0 Å². The maximum absolute atomic E-state index is 14.9. The van der Waals surface area contributed by atoms with Crippen molar-refractivity contribution in [3.05, 3.63) is 71.8 Å². The van der Waals surface area contributed by atoms with Crippen molar-refractivity contribution in [1.29, 1.82) is 0 Å². The van der Waals surface area contributed by atoms with Gasteiger partial charge < -0.3 is 19.1 Å². The summed E-state index contributed by atoms with van der Waals surface area (Å²) in [6.07, 6.45) is -0.252. The Morgan fingerprint density at radius 2 is 1.79 bits per heavy atom. The molecule has 0 atom stereocenters. The number of halogens is 2. The Bertz CT molecular complexity index is 1150. The van der Waals surface area contributed by atoms with Crippen LogP contribution in [0.2, 0.25) is 0 Å². The molecule has 33 heavy (non-hydrogen) atoms. The molecule has 0 aliphatic carbocycles. The van der Waals surface area contributed by atoms with Crippen LogP contribution >= 0.6 is 0 Å². The highest BCUT2D eigenvalue weighted by Crippen LogP contribution is 2.38. The topological polar surface area (TPSA) is 48.0 Å². The number of hydrogen-bond donors (Lipinski definition) is 0. The molecule has 0 bridgehead atoms. The second-order valence-electron chi connectivity index (χ2n) is 7.84. The molecule has 0 saturated carbocycles. The number of methoxy groups -OCH3 is 1. The number of esters is 1. The summed E-state index contributed by atoms with van der Waals surface area (Å²) < 4.78 is 44.8. The van der Waals surface area contributed by atoms with Gasteiger partial charge in [-0.15, -0.1) is 0 Å². The first kappa shape index (κ1) is 24.0. The van der Waals surface area contributed by atoms with Gasteiger partial charge in [-0.2, -0.15) is 0 Å². The minimum absolute atomic E-state index is 0.252. The molecule has 0 spiro atoms. The van der Waals surface area contributed by atoms with Gasteiger partial charge in [0.2, 0.25) is 0 Å². The fourth-order valence-corrected chi connectivity index (χ4v) is 3.51. The number of carbonyl (C=O) groups is 1. The smallest absolute Gasteiger partial charge is 0.344 e. The number of nitrogens with zero attached hydrogens (tertiary/aromatic N) is 1. The average molecular weight is 456 g/mol. The Labute approximate surface area is 192 Å². The molecule has 0 unspecified atom stereocenters. The Morgan fingerprint density at radius 1 is 1.03 bits per heavy atom. The van der Waals surface area contributed by atoms with Crippen molar-refractivity contribution in [2.75, 3.05) is 25.7 Å². The second-order valence-corrected chi connectivity index (χ2v) is 7.84. The lowest BCUT2D eigenvalue weighted by molar-refractivity contribution is -0.149. The van der Waals surface area contributed by atoms with Gasteiger partial charge in [-0.25, -0.2) is 13.6 Å². The molecule has 5 nitrogen and oxygen atoms in total. The Kier molecular flexibility index (Phi) is 7.53. The van der Waals surface area contributed by atoms with Gasteiger partial charge in [-0.1, -0.05) is 12.1 Å². The molecule has 0 heterocycles. The maximum Gasteiger partial charge on any atom is 0.344 e. The molecule has 0 aromatic heterocycles. The normalized spacial score (nSPS) is 10.8. The van der Waals surface area contributed by atoms with Crippen LogP contribution in [0.1, 0.15) is 19.4 Å². The number of hydrogen-bond acceptors (Lipinski definition) is 5. The lowest BCUT2D eigenvalue weighted by atomic mass is 10.0. The zero-order valence-electron chi connectivity index (χ0n) is 19.3. The minimum Gasteiger partial charge on any atom is -0.497 e. The number of anilines is 2. The Balaban J connectivity index is 1.97. The minimum atomic E-state index is -0.504. The summed E-state index contributed by atoms with van der Waals surface area (Å²) in [5, 5.41) is 0. The quantitative estimate of drug-likeness (QED) is 0.387. The lowest BCUT2D eigenvalue weighted by Gasteiger charge is -2.25. The highest BCUT2D eigenvalue weighted by molar-refractivity contribution is 5.76. The summed E-state index contributed by atoms with van der Waals surface area (Å²) in [4.78, 5) is 13.5. The van der Waals surface area contributed by atoms with Gasteiger partial charge in [0.25, 0.3) is 0 Å². The highest BCUT2D eigenvalue weighted by Gasteiger charge is 2.19. The van der Waals surface area contributed by atoms with Crippen LogP contribution in [0.4, 0.5) is 20.2 Å². The van der Waals surface area contributed by atoms with Crippen molar-refractivity contribution < 1.29 is 27.8 Å². The first-order chi connectivity index (χ1) is 15.7. The third-order valence-electron chi connectivity index (χ3n) is 5.05. The molecule has 0 aliphatic heterocycles. The van der Waals surface area contributed by atoms with E-state index in [4.69, 9.17) is 14.2 Å². The number of rotatable bonds is 8. The molecule has 0 radical (unpaired) electrons. The SMILES string of the molecule is COc1cc(-c2cccc(F)c2)cc(N(C)c2c(F)ccc(OCC(=O)OC(C)C)c2C)c1. The van der Waals surface area contributed by atoms with Gasteiger partial charge in [0.1, 0.15) is 23.1 Å². The van der Waals surface area contributed by atoms with E-state index in [1.807, 2.05) is 6.07 Å². The molecule has 0 amide bonds. The summed E-state index contributed by atoms with van der Waals surface area (Å²) in [7, 11) is 3.25. The predicted molar refractivity (Wildman–Crippen MR) is 124 cm³/mol. The zero-order chi connectivity index (χ0) is 24.1. The van der Waals surface area contributed by atoms with E-state index in [0.717, 1.165) is 5.56 Å². The summed E-state index contributed by atoms with van der Waals surface area (Å²) in [5.74, 6) is -0.404. The van der Waals surface area contributed by atoms with E-state index in [-0.39, 0.29) is 24.2 Å². The van der Waals surface area contributed by atoms with Crippen molar-refractivity contribution in [1.82, 2.24) is 0 Å². The molecular weight excluding hydrogens is 428 g/mol. The third-order valence-corrected chi connectivity index (χ3v) is 5.05. The number of carbonyl (C=O) groups excluding carboxylic acids is 1. The number of ether oxygens (including phenoxy) is 3. The molecular formula is C26H27F2NO4. The van der Waals surface area contributed by atoms with Crippen LogP contribution in [-0.4, -0.2) is 32.8 Å². The predicted octanol–water partition coefficient (Wildman–Crippen LogP) is 6.05. The summed E-state index contributed by atoms with van der Waals surface area (Å²) >= 11 is 0. The zero-order valence-corrected chi connectivity index (χ0v) is 19.3. The van der Waals surface area contributed by atoms with Gasteiger partial charge >= 0.3 is 5.97 Å². The molecule has 3 rings (SSSR count). The van der Waals surface area contributed by atoms with E-state index in [9.17, 15) is 13.6 Å². The van der Waals surface area contributed by atoms with Crippen molar-refractivity contribution in [2.24, 2.45) is 0 Å². The van der Waals surface area contributed by atoms with Gasteiger partial charge in [0.15, 0.2) is 6.61 Å². The first-order valence-electron chi connectivity index (χ1n) is 10.5. The van der Waals surface area contributed by atoms with Crippen LogP contribution in [0.5, 0.6) is 11.5 Å². The van der Waals surface area contributed by atoms with E-state index >= 15 is 0 Å². The van der Waals surface area contributed by atoms with Crippen LogP contribution in [0.15, 0.2) is 54.6 Å². The second kappa shape index (κ2) is 10.3. The molecule has 7 heteroatoms. The molecule has 174 valence electrons. The standard InChI is InChI=1S/C26H27F2NO4/c1-16(2)33-25(30)15-32-24-10-9-23(28)26(17(24)3)29(4)21-12-19(13-22(14-21)31-5)18-7-6-8-20(27)11-18/h6-14,16H,15H2,1-5H3. The molecule has 3 aromatic rings. The van der Waals surface area contributed by atoms with Gasteiger partial charge in [-0.3, -0.25) is 0 Å². The van der Waals surface area contributed by atoms with Gasteiger partial charge in [0.05, 0.1) is 18.9 Å². The van der Waals surface area contributed by atoms with Crippen molar-refractivity contribution in [2.45, 2.75) is 26.9 Å². The van der Waals surface area contributed by atoms with E-state index in [1.165, 1.54) is 31.4 Å². The van der Waals surface area contributed by atoms with E-state index < -0.39 is 11.8 Å². The van der Waals surface area contributed by atoms with Crippen molar-refractivity contribution in [3.8, 4) is 22.6 Å². The fraction of sp³-hybridized carbons (Fsp3) is 0.269. The fourth-order valence-electron chi connectivity index (χ4n) is 3.51. The highest BCUT2D eigenvalue weighted by atomic mass is 19.1. The van der Waals surface area contributed by atoms with Crippen LogP contribution in [0.3, 0.4) is 0 Å². The largest absolute Gasteiger partial charge is 0.497 e. The summed E-state index contributed by atoms with van der Waals surface area (Å²) in [6, 6.07) is 14.4. The Hall–Kier alpha value is -3.61. The molecule has 0 aliphatic rings. The van der Waals surface area contributed by atoms with Crippen LogP contribution in [0, 0.1) is 18.6 Å².